The van der Waals surface area contributed by atoms with E-state index in [2.05, 4.69) is 10.6 Å². The number of fused-ring (bicyclic) bond motifs is 1. The minimum atomic E-state index is -1.16. The first-order valence-electron chi connectivity index (χ1n) is 14.7. The van der Waals surface area contributed by atoms with Gasteiger partial charge < -0.3 is 25.4 Å². The van der Waals surface area contributed by atoms with E-state index in [0.717, 1.165) is 16.7 Å². The molecule has 3 heterocycles. The third-order valence-corrected chi connectivity index (χ3v) is 9.28. The van der Waals surface area contributed by atoms with Gasteiger partial charge >= 0.3 is 0 Å². The van der Waals surface area contributed by atoms with Crippen molar-refractivity contribution in [2.24, 2.45) is 11.8 Å². The zero-order valence-electron chi connectivity index (χ0n) is 23.7. The van der Waals surface area contributed by atoms with Gasteiger partial charge in [0, 0.05) is 13.1 Å². The van der Waals surface area contributed by atoms with E-state index in [1.165, 1.54) is 4.90 Å². The summed E-state index contributed by atoms with van der Waals surface area (Å²) in [6.07, 6.45) is 1.40. The van der Waals surface area contributed by atoms with Crippen LogP contribution in [0.4, 0.5) is 0 Å². The number of aliphatic hydroxyl groups excluding tert-OH is 1. The van der Waals surface area contributed by atoms with Crippen molar-refractivity contribution < 1.29 is 24.2 Å². The number of nitrogens with one attached hydrogen (secondary N) is 2. The summed E-state index contributed by atoms with van der Waals surface area (Å²) in [5, 5.41) is 16.7. The van der Waals surface area contributed by atoms with Crippen LogP contribution in [0.15, 0.2) is 91.0 Å². The molecule has 1 spiro atoms. The molecule has 3 fully saturated rings. The number of rotatable bonds is 10. The third kappa shape index (κ3) is 4.88. The number of ether oxygens (including phenoxy) is 1. The standard InChI is InChI=1S/C34H37N3O5/c1-33-17-18-34(42-33)28(27(33)30(39)35-20-24-13-7-3-8-14-24)32(41)37(26(22-38)19-23-11-5-2-6-12-23)29(34)31(40)36-21-25-15-9-4-10-16-25/h2-16,26-29,38H,17-22H2,1H3,(H,35,39)(H,36,40)/t26-,27+,28+,29?,33-,34?/m1/s1. The van der Waals surface area contributed by atoms with Crippen LogP contribution in [0, 0.1) is 11.8 Å². The summed E-state index contributed by atoms with van der Waals surface area (Å²) in [7, 11) is 0. The van der Waals surface area contributed by atoms with Crippen molar-refractivity contribution in [2.45, 2.75) is 62.6 Å². The van der Waals surface area contributed by atoms with Crippen molar-refractivity contribution in [3.8, 4) is 0 Å². The Morgan fingerprint density at radius 2 is 1.38 bits per heavy atom. The van der Waals surface area contributed by atoms with Crippen molar-refractivity contribution in [1.82, 2.24) is 15.5 Å². The van der Waals surface area contributed by atoms with E-state index in [4.69, 9.17) is 4.74 Å². The Kier molecular flexibility index (Phi) is 7.60. The van der Waals surface area contributed by atoms with E-state index in [-0.39, 0.29) is 24.3 Å². The van der Waals surface area contributed by atoms with E-state index in [0.29, 0.717) is 32.4 Å². The highest BCUT2D eigenvalue weighted by molar-refractivity contribution is 5.99. The highest BCUT2D eigenvalue weighted by atomic mass is 16.5. The average molecular weight is 568 g/mol. The van der Waals surface area contributed by atoms with Gasteiger partial charge in [-0.05, 0) is 42.9 Å². The van der Waals surface area contributed by atoms with Gasteiger partial charge in [-0.2, -0.15) is 0 Å². The van der Waals surface area contributed by atoms with E-state index in [1.807, 2.05) is 97.9 Å². The minimum absolute atomic E-state index is 0.254. The van der Waals surface area contributed by atoms with Gasteiger partial charge in [-0.3, -0.25) is 14.4 Å². The number of carbonyl (C=O) groups excluding carboxylic acids is 3. The molecule has 3 aromatic carbocycles. The summed E-state index contributed by atoms with van der Waals surface area (Å²) < 4.78 is 6.72. The number of amides is 3. The number of aliphatic hydroxyl groups is 1. The summed E-state index contributed by atoms with van der Waals surface area (Å²) in [5.41, 5.74) is 0.790. The molecular formula is C34H37N3O5. The van der Waals surface area contributed by atoms with Crippen LogP contribution in [0.1, 0.15) is 36.5 Å². The lowest BCUT2D eigenvalue weighted by Gasteiger charge is -2.37. The van der Waals surface area contributed by atoms with Crippen molar-refractivity contribution >= 4 is 17.7 Å². The molecule has 3 aliphatic rings. The van der Waals surface area contributed by atoms with Crippen molar-refractivity contribution in [3.05, 3.63) is 108 Å². The topological polar surface area (TPSA) is 108 Å². The van der Waals surface area contributed by atoms with Gasteiger partial charge in [-0.1, -0.05) is 91.0 Å². The lowest BCUT2D eigenvalue weighted by molar-refractivity contribution is -0.149. The van der Waals surface area contributed by atoms with Crippen LogP contribution in [0.2, 0.25) is 0 Å². The summed E-state index contributed by atoms with van der Waals surface area (Å²) in [6, 6.07) is 27.2. The second-order valence-corrected chi connectivity index (χ2v) is 11.9. The van der Waals surface area contributed by atoms with Gasteiger partial charge in [0.1, 0.15) is 11.6 Å². The Morgan fingerprint density at radius 3 is 1.93 bits per heavy atom. The van der Waals surface area contributed by atoms with Crippen molar-refractivity contribution in [2.75, 3.05) is 6.61 Å². The number of carbonyl (C=O) groups is 3. The van der Waals surface area contributed by atoms with Gasteiger partial charge in [0.2, 0.25) is 17.7 Å². The van der Waals surface area contributed by atoms with Crippen LogP contribution < -0.4 is 10.6 Å². The molecule has 0 aromatic heterocycles. The maximum atomic E-state index is 14.5. The Labute approximate surface area is 246 Å². The molecule has 0 aliphatic carbocycles. The average Bonchev–Trinajstić information content (AvgIpc) is 3.59. The Hall–Kier alpha value is -4.01. The predicted octanol–water partition coefficient (Wildman–Crippen LogP) is 2.99. The monoisotopic (exact) mass is 567 g/mol. The quantitative estimate of drug-likeness (QED) is 0.349. The fourth-order valence-corrected chi connectivity index (χ4v) is 7.37. The van der Waals surface area contributed by atoms with Crippen LogP contribution in [0.3, 0.4) is 0 Å². The van der Waals surface area contributed by atoms with Gasteiger partial charge in [0.05, 0.1) is 30.1 Å². The van der Waals surface area contributed by atoms with Crippen LogP contribution in [0.25, 0.3) is 0 Å². The predicted molar refractivity (Wildman–Crippen MR) is 157 cm³/mol. The highest BCUT2D eigenvalue weighted by Gasteiger charge is 2.78. The highest BCUT2D eigenvalue weighted by Crippen LogP contribution is 2.63. The molecule has 8 heteroatoms. The molecule has 2 bridgehead atoms. The Bertz CT molecular complexity index is 1440. The minimum Gasteiger partial charge on any atom is -0.394 e. The normalized spacial score (nSPS) is 28.4. The number of hydrogen-bond acceptors (Lipinski definition) is 5. The van der Waals surface area contributed by atoms with Crippen LogP contribution in [-0.4, -0.2) is 57.6 Å². The van der Waals surface area contributed by atoms with Gasteiger partial charge in [0.15, 0.2) is 0 Å². The number of hydrogen-bond donors (Lipinski definition) is 3. The molecule has 218 valence electrons. The SMILES string of the molecule is C[C@]12CCC3(O1)C(C(=O)NCc1ccccc1)N([C@@H](CO)Cc1ccccc1)C(=O)[C@@H]3[C@H]2C(=O)NCc1ccccc1. The summed E-state index contributed by atoms with van der Waals surface area (Å²) in [5.74, 6) is -2.49. The van der Waals surface area contributed by atoms with Crippen molar-refractivity contribution in [1.29, 1.82) is 0 Å². The molecule has 3 aliphatic heterocycles. The van der Waals surface area contributed by atoms with Crippen molar-refractivity contribution in [3.63, 3.8) is 0 Å². The number of likely N-dealkylation sites (tertiary alicyclic amines) is 1. The third-order valence-electron chi connectivity index (χ3n) is 9.28. The van der Waals surface area contributed by atoms with Crippen LogP contribution in [-0.2, 0) is 38.6 Å². The number of benzene rings is 3. The second-order valence-electron chi connectivity index (χ2n) is 11.9. The lowest BCUT2D eigenvalue weighted by atomic mass is 9.66. The summed E-state index contributed by atoms with van der Waals surface area (Å²) >= 11 is 0. The zero-order valence-corrected chi connectivity index (χ0v) is 23.7. The van der Waals surface area contributed by atoms with E-state index in [9.17, 15) is 19.5 Å². The number of nitrogens with zero attached hydrogens (tertiary/aromatic N) is 1. The molecule has 3 amide bonds. The van der Waals surface area contributed by atoms with Gasteiger partial charge in [-0.25, -0.2) is 0 Å². The Balaban J connectivity index is 1.33. The molecule has 2 unspecified atom stereocenters. The molecule has 6 rings (SSSR count). The zero-order chi connectivity index (χ0) is 29.3. The Morgan fingerprint density at radius 1 is 0.857 bits per heavy atom. The van der Waals surface area contributed by atoms with Crippen LogP contribution >= 0.6 is 0 Å². The molecule has 6 atom stereocenters. The van der Waals surface area contributed by atoms with Gasteiger partial charge in [-0.15, -0.1) is 0 Å². The fraction of sp³-hybridized carbons (Fsp3) is 0.382. The largest absolute Gasteiger partial charge is 0.394 e. The first-order chi connectivity index (χ1) is 20.4. The molecule has 42 heavy (non-hydrogen) atoms. The second kappa shape index (κ2) is 11.3. The molecular weight excluding hydrogens is 530 g/mol. The first-order valence-corrected chi connectivity index (χ1v) is 14.7. The maximum absolute atomic E-state index is 14.5. The molecule has 0 radical (unpaired) electrons. The smallest absolute Gasteiger partial charge is 0.246 e. The first kappa shape index (κ1) is 28.1. The maximum Gasteiger partial charge on any atom is 0.246 e. The summed E-state index contributed by atoms with van der Waals surface area (Å²) in [4.78, 5) is 43.9. The lowest BCUT2D eigenvalue weighted by Crippen LogP contribution is -2.58. The van der Waals surface area contributed by atoms with Gasteiger partial charge in [0.25, 0.3) is 0 Å². The van der Waals surface area contributed by atoms with E-state index < -0.39 is 35.1 Å². The molecule has 0 saturated carbocycles. The molecule has 3 aromatic rings. The van der Waals surface area contributed by atoms with Crippen LogP contribution in [0.5, 0.6) is 0 Å². The molecule has 3 saturated heterocycles. The summed E-state index contributed by atoms with van der Waals surface area (Å²) in [6.45, 7) is 2.18. The van der Waals surface area contributed by atoms with E-state index in [1.54, 1.807) is 0 Å². The van der Waals surface area contributed by atoms with E-state index >= 15 is 0 Å². The molecule has 3 N–H and O–H groups in total. The fourth-order valence-electron chi connectivity index (χ4n) is 7.37. The molecule has 8 nitrogen and oxygen atoms in total.